The lowest BCUT2D eigenvalue weighted by atomic mass is 9.98. The number of ether oxygens (including phenoxy) is 2. The highest BCUT2D eigenvalue weighted by Gasteiger charge is 2.33. The Labute approximate surface area is 214 Å². The maximum Gasteiger partial charge on any atom is 0.573 e. The Kier molecular flexibility index (Phi) is 8.26. The summed E-state index contributed by atoms with van der Waals surface area (Å²) < 4.78 is 48.1. The second-order valence-corrected chi connectivity index (χ2v) is 8.94. The van der Waals surface area contributed by atoms with E-state index in [9.17, 15) is 22.8 Å². The van der Waals surface area contributed by atoms with Crippen molar-refractivity contribution in [2.75, 3.05) is 19.7 Å². The van der Waals surface area contributed by atoms with Crippen molar-refractivity contribution in [1.29, 1.82) is 0 Å². The zero-order valence-corrected chi connectivity index (χ0v) is 20.5. The van der Waals surface area contributed by atoms with E-state index in [-0.39, 0.29) is 36.3 Å². The standard InChI is InChI=1S/C23H23F3N6O4S/c1-2-35-21(34)15-5-3-12-31(13-15)20(33)19-18(14-37-22-27-10-4-11-28-22)32(30-29-19)16-6-8-17(9-7-16)36-23(24,25)26/h4,6-11,15H,2-3,5,12-14H2,1H3. The predicted octanol–water partition coefficient (Wildman–Crippen LogP) is 3.66. The van der Waals surface area contributed by atoms with Crippen molar-refractivity contribution >= 4 is 23.6 Å². The van der Waals surface area contributed by atoms with Gasteiger partial charge in [-0.2, -0.15) is 0 Å². The minimum atomic E-state index is -4.82. The van der Waals surface area contributed by atoms with Crippen LogP contribution in [0.5, 0.6) is 5.75 Å². The van der Waals surface area contributed by atoms with Gasteiger partial charge in [-0.1, -0.05) is 17.0 Å². The lowest BCUT2D eigenvalue weighted by Crippen LogP contribution is -2.43. The Hall–Kier alpha value is -3.68. The summed E-state index contributed by atoms with van der Waals surface area (Å²) in [5, 5.41) is 8.68. The molecule has 0 aliphatic carbocycles. The first-order valence-corrected chi connectivity index (χ1v) is 12.4. The van der Waals surface area contributed by atoms with E-state index in [1.165, 1.54) is 28.6 Å². The maximum atomic E-state index is 13.5. The van der Waals surface area contributed by atoms with Crippen molar-refractivity contribution < 1.29 is 32.2 Å². The number of thioether (sulfide) groups is 1. The van der Waals surface area contributed by atoms with E-state index in [1.54, 1.807) is 30.3 Å². The average molecular weight is 537 g/mol. The van der Waals surface area contributed by atoms with Gasteiger partial charge in [-0.15, -0.1) is 18.3 Å². The minimum absolute atomic E-state index is 0.0727. The summed E-state index contributed by atoms with van der Waals surface area (Å²) in [6.07, 6.45) is -0.400. The van der Waals surface area contributed by atoms with Crippen LogP contribution in [0.4, 0.5) is 13.2 Å². The number of esters is 1. The highest BCUT2D eigenvalue weighted by atomic mass is 32.2. The number of benzene rings is 1. The van der Waals surface area contributed by atoms with Gasteiger partial charge in [0.15, 0.2) is 10.9 Å². The minimum Gasteiger partial charge on any atom is -0.466 e. The molecule has 1 aliphatic heterocycles. The molecule has 2 aromatic heterocycles. The number of amides is 1. The molecule has 0 bridgehead atoms. The molecule has 0 saturated carbocycles. The Morgan fingerprint density at radius 1 is 1.16 bits per heavy atom. The first-order chi connectivity index (χ1) is 17.7. The van der Waals surface area contributed by atoms with Crippen LogP contribution >= 0.6 is 11.8 Å². The van der Waals surface area contributed by atoms with Crippen molar-refractivity contribution in [2.24, 2.45) is 5.92 Å². The average Bonchev–Trinajstić information content (AvgIpc) is 3.31. The fourth-order valence-electron chi connectivity index (χ4n) is 3.85. The molecule has 1 aliphatic rings. The van der Waals surface area contributed by atoms with Crippen LogP contribution in [0.2, 0.25) is 0 Å². The van der Waals surface area contributed by atoms with Gasteiger partial charge in [-0.05, 0) is 50.1 Å². The van der Waals surface area contributed by atoms with E-state index >= 15 is 0 Å². The Morgan fingerprint density at radius 2 is 1.89 bits per heavy atom. The van der Waals surface area contributed by atoms with Crippen LogP contribution < -0.4 is 4.74 Å². The van der Waals surface area contributed by atoms with Gasteiger partial charge in [-0.25, -0.2) is 14.6 Å². The third-order valence-electron chi connectivity index (χ3n) is 5.49. The van der Waals surface area contributed by atoms with E-state index in [1.807, 2.05) is 0 Å². The highest BCUT2D eigenvalue weighted by molar-refractivity contribution is 7.98. The van der Waals surface area contributed by atoms with Gasteiger partial charge in [0.2, 0.25) is 0 Å². The number of piperidine rings is 1. The molecule has 14 heteroatoms. The Bertz CT molecular complexity index is 1220. The number of carbonyl (C=O) groups is 2. The second-order valence-electron chi connectivity index (χ2n) is 8.00. The smallest absolute Gasteiger partial charge is 0.466 e. The van der Waals surface area contributed by atoms with Crippen LogP contribution in [0.15, 0.2) is 47.9 Å². The normalized spacial score (nSPS) is 15.9. The Morgan fingerprint density at radius 3 is 2.57 bits per heavy atom. The van der Waals surface area contributed by atoms with Gasteiger partial charge in [-0.3, -0.25) is 9.59 Å². The molecule has 0 N–H and O–H groups in total. The topological polar surface area (TPSA) is 112 Å². The van der Waals surface area contributed by atoms with E-state index in [2.05, 4.69) is 25.0 Å². The van der Waals surface area contributed by atoms with Gasteiger partial charge in [0, 0.05) is 31.2 Å². The largest absolute Gasteiger partial charge is 0.573 e. The van der Waals surface area contributed by atoms with E-state index < -0.39 is 18.2 Å². The number of hydrogen-bond acceptors (Lipinski definition) is 9. The lowest BCUT2D eigenvalue weighted by molar-refractivity contribution is -0.274. The monoisotopic (exact) mass is 536 g/mol. The van der Waals surface area contributed by atoms with Crippen LogP contribution in [-0.4, -0.2) is 67.8 Å². The summed E-state index contributed by atoms with van der Waals surface area (Å²) in [7, 11) is 0. The molecule has 37 heavy (non-hydrogen) atoms. The van der Waals surface area contributed by atoms with Crippen molar-refractivity contribution in [2.45, 2.75) is 37.0 Å². The number of hydrogen-bond donors (Lipinski definition) is 0. The van der Waals surface area contributed by atoms with Crippen LogP contribution in [0.1, 0.15) is 35.9 Å². The van der Waals surface area contributed by atoms with Crippen LogP contribution in [0, 0.1) is 5.92 Å². The van der Waals surface area contributed by atoms with E-state index in [4.69, 9.17) is 4.74 Å². The fourth-order valence-corrected chi connectivity index (χ4v) is 4.65. The summed E-state index contributed by atoms with van der Waals surface area (Å²) in [5.74, 6) is -1.36. The summed E-state index contributed by atoms with van der Waals surface area (Å²) in [4.78, 5) is 35.6. The molecule has 1 saturated heterocycles. The molecule has 0 radical (unpaired) electrons. The molecule has 3 heterocycles. The second kappa shape index (κ2) is 11.6. The Balaban J connectivity index is 1.61. The number of carbonyl (C=O) groups excluding carboxylic acids is 2. The zero-order chi connectivity index (χ0) is 26.4. The summed E-state index contributed by atoms with van der Waals surface area (Å²) in [5.41, 5.74) is 0.863. The molecule has 3 aromatic rings. The van der Waals surface area contributed by atoms with Crippen LogP contribution in [0.25, 0.3) is 5.69 Å². The highest BCUT2D eigenvalue weighted by Crippen LogP contribution is 2.28. The van der Waals surface area contributed by atoms with Crippen molar-refractivity contribution in [1.82, 2.24) is 29.9 Å². The zero-order valence-electron chi connectivity index (χ0n) is 19.7. The van der Waals surface area contributed by atoms with Crippen LogP contribution in [-0.2, 0) is 15.3 Å². The predicted molar refractivity (Wildman–Crippen MR) is 125 cm³/mol. The van der Waals surface area contributed by atoms with Crippen LogP contribution in [0.3, 0.4) is 0 Å². The molecule has 0 spiro atoms. The lowest BCUT2D eigenvalue weighted by Gasteiger charge is -2.31. The summed E-state index contributed by atoms with van der Waals surface area (Å²) in [6.45, 7) is 2.62. The van der Waals surface area contributed by atoms with Crippen molar-refractivity contribution in [3.63, 3.8) is 0 Å². The molecule has 4 rings (SSSR count). The van der Waals surface area contributed by atoms with E-state index in [0.29, 0.717) is 35.9 Å². The molecule has 1 atom stereocenters. The van der Waals surface area contributed by atoms with Crippen molar-refractivity contribution in [3.8, 4) is 11.4 Å². The quantitative estimate of drug-likeness (QED) is 0.242. The molecule has 1 fully saturated rings. The van der Waals surface area contributed by atoms with E-state index in [0.717, 1.165) is 12.1 Å². The fraction of sp³-hybridized carbons (Fsp3) is 0.391. The third kappa shape index (κ3) is 6.76. The van der Waals surface area contributed by atoms with Gasteiger partial charge in [0.05, 0.1) is 23.9 Å². The molecule has 1 unspecified atom stereocenters. The maximum absolute atomic E-state index is 13.5. The van der Waals surface area contributed by atoms with Gasteiger partial charge in [0.1, 0.15) is 5.75 Å². The van der Waals surface area contributed by atoms with Crippen molar-refractivity contribution in [3.05, 3.63) is 54.1 Å². The van der Waals surface area contributed by atoms with Gasteiger partial charge in [0.25, 0.3) is 5.91 Å². The third-order valence-corrected chi connectivity index (χ3v) is 6.38. The molecule has 10 nitrogen and oxygen atoms in total. The molecular formula is C23H23F3N6O4S. The number of likely N-dealkylation sites (tertiary alicyclic amines) is 1. The SMILES string of the molecule is CCOC(=O)C1CCCN(C(=O)c2nnn(-c3ccc(OC(F)(F)F)cc3)c2CSc2ncccn2)C1. The molecule has 196 valence electrons. The first-order valence-electron chi connectivity index (χ1n) is 11.4. The number of nitrogens with zero attached hydrogens (tertiary/aromatic N) is 6. The summed E-state index contributed by atoms with van der Waals surface area (Å²) >= 11 is 1.25. The number of alkyl halides is 3. The number of rotatable bonds is 8. The molecule has 1 amide bonds. The molecule has 1 aromatic carbocycles. The summed E-state index contributed by atoms with van der Waals surface area (Å²) in [6, 6.07) is 6.74. The number of halogens is 3. The number of aromatic nitrogens is 5. The van der Waals surface area contributed by atoms with Gasteiger partial charge >= 0.3 is 12.3 Å². The van der Waals surface area contributed by atoms with Gasteiger partial charge < -0.3 is 14.4 Å². The molecular weight excluding hydrogens is 513 g/mol. The first kappa shape index (κ1) is 26.4.